The first-order valence-electron chi connectivity index (χ1n) is 6.77. The topological polar surface area (TPSA) is 78.2 Å². The fraction of sp³-hybridized carbons (Fsp3) is 0.462. The number of thiazole rings is 1. The highest BCUT2D eigenvalue weighted by Crippen LogP contribution is 2.25. The monoisotopic (exact) mass is 308 g/mol. The number of carboxylic acids is 1. The molecule has 0 atom stereocenters. The van der Waals surface area contributed by atoms with Crippen molar-refractivity contribution in [2.24, 2.45) is 0 Å². The molecule has 3 heterocycles. The van der Waals surface area contributed by atoms with Crippen molar-refractivity contribution in [2.45, 2.75) is 13.3 Å². The van der Waals surface area contributed by atoms with Crippen LogP contribution in [0.1, 0.15) is 23.8 Å². The van der Waals surface area contributed by atoms with Gasteiger partial charge >= 0.3 is 5.97 Å². The zero-order chi connectivity index (χ0) is 15.0. The highest BCUT2D eigenvalue weighted by molar-refractivity contribution is 7.15. The summed E-state index contributed by atoms with van der Waals surface area (Å²) < 4.78 is 1.61. The lowest BCUT2D eigenvalue weighted by Gasteiger charge is -2.21. The van der Waals surface area contributed by atoms with E-state index in [1.165, 1.54) is 11.3 Å². The highest BCUT2D eigenvalue weighted by Gasteiger charge is 2.26. The molecule has 3 rings (SSSR count). The molecule has 0 radical (unpaired) electrons. The molecule has 0 bridgehead atoms. The first kappa shape index (κ1) is 13.9. The number of carbonyl (C=O) groups excluding carboxylic acids is 1. The Kier molecular flexibility index (Phi) is 3.54. The molecule has 0 aromatic carbocycles. The van der Waals surface area contributed by atoms with E-state index >= 15 is 0 Å². The predicted octanol–water partition coefficient (Wildman–Crippen LogP) is 1.15. The number of fused-ring (bicyclic) bond motifs is 1. The highest BCUT2D eigenvalue weighted by atomic mass is 32.1. The standard InChI is InChI=1S/C13H16N4O3S/c1-9(18)15-3-2-4-16(6-5-15)11-10(12(19)20)17-7-8-21-13(17)14-11/h7-8H,2-6H2,1H3,(H,19,20). The van der Waals surface area contributed by atoms with Gasteiger partial charge in [0.25, 0.3) is 0 Å². The summed E-state index contributed by atoms with van der Waals surface area (Å²) in [6, 6.07) is 0. The Labute approximate surface area is 125 Å². The van der Waals surface area contributed by atoms with Gasteiger partial charge in [-0.15, -0.1) is 11.3 Å². The van der Waals surface area contributed by atoms with Crippen LogP contribution in [-0.2, 0) is 4.79 Å². The second kappa shape index (κ2) is 5.36. The molecule has 1 aliphatic heterocycles. The summed E-state index contributed by atoms with van der Waals surface area (Å²) in [5.74, 6) is -0.426. The first-order valence-corrected chi connectivity index (χ1v) is 7.65. The van der Waals surface area contributed by atoms with E-state index in [9.17, 15) is 14.7 Å². The molecule has 7 nitrogen and oxygen atoms in total. The third kappa shape index (κ3) is 2.46. The lowest BCUT2D eigenvalue weighted by molar-refractivity contribution is -0.128. The molecular weight excluding hydrogens is 292 g/mol. The molecule has 0 unspecified atom stereocenters. The lowest BCUT2D eigenvalue weighted by Crippen LogP contribution is -2.34. The molecule has 0 aliphatic carbocycles. The number of nitrogens with zero attached hydrogens (tertiary/aromatic N) is 4. The Morgan fingerprint density at radius 1 is 1.29 bits per heavy atom. The molecule has 1 amide bonds. The maximum Gasteiger partial charge on any atom is 0.356 e. The van der Waals surface area contributed by atoms with Crippen LogP contribution in [0.25, 0.3) is 4.96 Å². The van der Waals surface area contributed by atoms with Gasteiger partial charge in [0.15, 0.2) is 16.5 Å². The average molecular weight is 308 g/mol. The number of aromatic carboxylic acids is 1. The van der Waals surface area contributed by atoms with Crippen molar-refractivity contribution < 1.29 is 14.7 Å². The Morgan fingerprint density at radius 3 is 2.81 bits per heavy atom. The van der Waals surface area contributed by atoms with Crippen LogP contribution in [0.4, 0.5) is 5.82 Å². The van der Waals surface area contributed by atoms with Gasteiger partial charge in [-0.3, -0.25) is 9.20 Å². The molecular formula is C13H16N4O3S. The predicted molar refractivity (Wildman–Crippen MR) is 79.1 cm³/mol. The molecule has 0 saturated carbocycles. The number of carbonyl (C=O) groups is 2. The summed E-state index contributed by atoms with van der Waals surface area (Å²) in [5.41, 5.74) is 0.197. The molecule has 2 aromatic rings. The fourth-order valence-corrected chi connectivity index (χ4v) is 3.35. The van der Waals surface area contributed by atoms with Gasteiger partial charge in [0, 0.05) is 44.7 Å². The molecule has 2 aromatic heterocycles. The number of anilines is 1. The van der Waals surface area contributed by atoms with E-state index in [1.807, 2.05) is 10.3 Å². The minimum Gasteiger partial charge on any atom is -0.476 e. The zero-order valence-corrected chi connectivity index (χ0v) is 12.5. The van der Waals surface area contributed by atoms with Crippen LogP contribution in [0.3, 0.4) is 0 Å². The Balaban J connectivity index is 1.93. The van der Waals surface area contributed by atoms with Crippen molar-refractivity contribution in [3.8, 4) is 0 Å². The van der Waals surface area contributed by atoms with Crippen molar-refractivity contribution in [1.82, 2.24) is 14.3 Å². The van der Waals surface area contributed by atoms with Crippen molar-refractivity contribution in [3.63, 3.8) is 0 Å². The Bertz CT molecular complexity index is 693. The van der Waals surface area contributed by atoms with Crippen LogP contribution < -0.4 is 4.90 Å². The summed E-state index contributed by atoms with van der Waals surface area (Å²) in [4.78, 5) is 31.9. The normalized spacial score (nSPS) is 16.2. The summed E-state index contributed by atoms with van der Waals surface area (Å²) in [6.45, 7) is 4.17. The molecule has 1 fully saturated rings. The Morgan fingerprint density at radius 2 is 2.10 bits per heavy atom. The number of hydrogen-bond acceptors (Lipinski definition) is 5. The second-order valence-corrected chi connectivity index (χ2v) is 5.86. The van der Waals surface area contributed by atoms with Crippen molar-refractivity contribution in [3.05, 3.63) is 17.3 Å². The number of carboxylic acid groups (broad SMARTS) is 1. The van der Waals surface area contributed by atoms with Crippen molar-refractivity contribution in [1.29, 1.82) is 0 Å². The molecule has 0 spiro atoms. The van der Waals surface area contributed by atoms with Crippen LogP contribution in [-0.4, -0.2) is 57.4 Å². The van der Waals surface area contributed by atoms with E-state index in [1.54, 1.807) is 22.4 Å². The third-order valence-electron chi connectivity index (χ3n) is 3.69. The van der Waals surface area contributed by atoms with Gasteiger partial charge in [-0.1, -0.05) is 0 Å². The minimum absolute atomic E-state index is 0.0566. The van der Waals surface area contributed by atoms with Gasteiger partial charge in [0.1, 0.15) is 0 Å². The van der Waals surface area contributed by atoms with Crippen molar-refractivity contribution in [2.75, 3.05) is 31.1 Å². The van der Waals surface area contributed by atoms with Gasteiger partial charge in [-0.25, -0.2) is 9.78 Å². The summed E-state index contributed by atoms with van der Waals surface area (Å²) in [6.07, 6.45) is 2.53. The van der Waals surface area contributed by atoms with Crippen LogP contribution in [0.15, 0.2) is 11.6 Å². The van der Waals surface area contributed by atoms with E-state index in [0.29, 0.717) is 37.0 Å². The SMILES string of the molecule is CC(=O)N1CCCN(c2nc3sccn3c2C(=O)O)CC1. The molecule has 1 saturated heterocycles. The minimum atomic E-state index is -0.983. The average Bonchev–Trinajstić information content (AvgIpc) is 2.90. The van der Waals surface area contributed by atoms with Gasteiger partial charge in [-0.2, -0.15) is 0 Å². The number of hydrogen-bond donors (Lipinski definition) is 1. The van der Waals surface area contributed by atoms with E-state index in [2.05, 4.69) is 4.98 Å². The van der Waals surface area contributed by atoms with Gasteiger partial charge in [0.2, 0.25) is 5.91 Å². The van der Waals surface area contributed by atoms with E-state index in [0.717, 1.165) is 6.42 Å². The Hall–Kier alpha value is -2.09. The van der Waals surface area contributed by atoms with Gasteiger partial charge in [0.05, 0.1) is 0 Å². The second-order valence-electron chi connectivity index (χ2n) is 4.99. The molecule has 8 heteroatoms. The molecule has 1 aliphatic rings. The number of aromatic nitrogens is 2. The fourth-order valence-electron chi connectivity index (χ4n) is 2.64. The molecule has 112 valence electrons. The largest absolute Gasteiger partial charge is 0.476 e. The number of imidazole rings is 1. The molecule has 21 heavy (non-hydrogen) atoms. The summed E-state index contributed by atoms with van der Waals surface area (Å²) in [7, 11) is 0. The smallest absolute Gasteiger partial charge is 0.356 e. The summed E-state index contributed by atoms with van der Waals surface area (Å²) in [5, 5.41) is 11.3. The van der Waals surface area contributed by atoms with Crippen LogP contribution in [0.5, 0.6) is 0 Å². The maximum absolute atomic E-state index is 11.5. The van der Waals surface area contributed by atoms with Crippen LogP contribution in [0, 0.1) is 0 Å². The third-order valence-corrected chi connectivity index (χ3v) is 4.44. The van der Waals surface area contributed by atoms with Crippen LogP contribution >= 0.6 is 11.3 Å². The number of rotatable bonds is 2. The van der Waals surface area contributed by atoms with Crippen LogP contribution in [0.2, 0.25) is 0 Å². The molecule has 1 N–H and O–H groups in total. The zero-order valence-electron chi connectivity index (χ0n) is 11.7. The maximum atomic E-state index is 11.5. The van der Waals surface area contributed by atoms with Gasteiger partial charge in [-0.05, 0) is 6.42 Å². The first-order chi connectivity index (χ1) is 10.1. The lowest BCUT2D eigenvalue weighted by atomic mass is 10.3. The van der Waals surface area contributed by atoms with Gasteiger partial charge < -0.3 is 14.9 Å². The summed E-state index contributed by atoms with van der Waals surface area (Å²) >= 11 is 1.41. The van der Waals surface area contributed by atoms with E-state index in [-0.39, 0.29) is 11.6 Å². The van der Waals surface area contributed by atoms with E-state index in [4.69, 9.17) is 0 Å². The quantitative estimate of drug-likeness (QED) is 0.900. The van der Waals surface area contributed by atoms with E-state index < -0.39 is 5.97 Å². The van der Waals surface area contributed by atoms with Crippen molar-refractivity contribution >= 4 is 34.0 Å². The number of amides is 1.